The van der Waals surface area contributed by atoms with Crippen LogP contribution < -0.4 is 5.73 Å². The molecule has 1 unspecified atom stereocenters. The van der Waals surface area contributed by atoms with Crippen molar-refractivity contribution in [2.75, 3.05) is 0 Å². The van der Waals surface area contributed by atoms with Crippen LogP contribution in [0.1, 0.15) is 47.0 Å². The van der Waals surface area contributed by atoms with E-state index >= 15 is 0 Å². The molecule has 4 rings (SSSR count). The van der Waals surface area contributed by atoms with Gasteiger partial charge in [0.2, 0.25) is 0 Å². The summed E-state index contributed by atoms with van der Waals surface area (Å²) < 4.78 is 12.3. The highest BCUT2D eigenvalue weighted by Crippen LogP contribution is 2.64. The lowest BCUT2D eigenvalue weighted by atomic mass is 9.45. The Morgan fingerprint density at radius 2 is 2.12 bits per heavy atom. The van der Waals surface area contributed by atoms with Gasteiger partial charge in [0, 0.05) is 5.94 Å². The molecule has 5 atom stereocenters. The van der Waals surface area contributed by atoms with E-state index in [0.717, 1.165) is 18.8 Å². The fourth-order valence-electron chi connectivity index (χ4n) is 4.12. The molecule has 3 saturated carbocycles. The Morgan fingerprint density at radius 1 is 1.41 bits per heavy atom. The summed E-state index contributed by atoms with van der Waals surface area (Å²) in [6.07, 6.45) is 3.61. The molecule has 0 aromatic heterocycles. The summed E-state index contributed by atoms with van der Waals surface area (Å²) in [7, 11) is -0.190. The smallest absolute Gasteiger partial charge is 0.404 e. The summed E-state index contributed by atoms with van der Waals surface area (Å²) in [5, 5.41) is 0. The summed E-state index contributed by atoms with van der Waals surface area (Å²) in [6.45, 7) is 9.06. The van der Waals surface area contributed by atoms with E-state index in [1.807, 2.05) is 0 Å². The van der Waals surface area contributed by atoms with Crippen LogP contribution in [0, 0.1) is 17.3 Å². The Kier molecular flexibility index (Phi) is 2.46. The van der Waals surface area contributed by atoms with Crippen molar-refractivity contribution in [2.24, 2.45) is 23.0 Å². The molecule has 3 nitrogen and oxygen atoms in total. The Labute approximate surface area is 105 Å². The molecule has 1 heterocycles. The van der Waals surface area contributed by atoms with Crippen LogP contribution in [0.15, 0.2) is 0 Å². The molecule has 4 aliphatic rings. The maximum atomic E-state index is 6.16. The number of nitrogens with two attached hydrogens (primary N) is 1. The van der Waals surface area contributed by atoms with Crippen LogP contribution in [0.5, 0.6) is 0 Å². The van der Waals surface area contributed by atoms with Crippen molar-refractivity contribution in [2.45, 2.75) is 64.6 Å². The molecule has 4 heteroatoms. The molecular weight excluding hydrogens is 213 g/mol. The first-order valence-corrected chi connectivity index (χ1v) is 6.97. The van der Waals surface area contributed by atoms with Crippen molar-refractivity contribution in [3.05, 3.63) is 0 Å². The van der Waals surface area contributed by atoms with Crippen LogP contribution in [-0.4, -0.2) is 24.8 Å². The lowest BCUT2D eigenvalue weighted by Crippen LogP contribution is -2.63. The summed E-state index contributed by atoms with van der Waals surface area (Å²) in [6, 6.07) is 0. The van der Waals surface area contributed by atoms with Gasteiger partial charge in [-0.1, -0.05) is 20.8 Å². The maximum absolute atomic E-state index is 6.16. The van der Waals surface area contributed by atoms with Gasteiger partial charge >= 0.3 is 7.12 Å². The summed E-state index contributed by atoms with van der Waals surface area (Å²) in [5.41, 5.74) is 6.41. The van der Waals surface area contributed by atoms with Crippen LogP contribution in [0.3, 0.4) is 0 Å². The zero-order valence-electron chi connectivity index (χ0n) is 11.4. The third-order valence-electron chi connectivity index (χ3n) is 5.65. The van der Waals surface area contributed by atoms with Crippen molar-refractivity contribution < 1.29 is 9.31 Å². The van der Waals surface area contributed by atoms with Gasteiger partial charge in [-0.25, -0.2) is 0 Å². The average molecular weight is 237 g/mol. The Morgan fingerprint density at radius 3 is 2.71 bits per heavy atom. The minimum atomic E-state index is -0.190. The fraction of sp³-hybridized carbons (Fsp3) is 1.00. The Hall–Kier alpha value is -0.0551. The number of hydrogen-bond donors (Lipinski definition) is 1. The highest BCUT2D eigenvalue weighted by molar-refractivity contribution is 6.47. The molecule has 0 aromatic carbocycles. The van der Waals surface area contributed by atoms with Crippen molar-refractivity contribution in [3.8, 4) is 0 Å². The molecule has 1 aliphatic heterocycles. The molecular formula is C13H24BNO2. The first-order valence-electron chi connectivity index (χ1n) is 6.97. The van der Waals surface area contributed by atoms with Gasteiger partial charge < -0.3 is 15.0 Å². The van der Waals surface area contributed by atoms with Crippen molar-refractivity contribution in [1.29, 1.82) is 0 Å². The van der Waals surface area contributed by atoms with E-state index < -0.39 is 0 Å². The minimum absolute atomic E-state index is 0.0118. The van der Waals surface area contributed by atoms with Gasteiger partial charge in [0.05, 0.1) is 11.7 Å². The molecule has 4 fully saturated rings. The van der Waals surface area contributed by atoms with E-state index in [9.17, 15) is 0 Å². The monoisotopic (exact) mass is 237 g/mol. The highest BCUT2D eigenvalue weighted by Gasteiger charge is 2.67. The quantitative estimate of drug-likeness (QED) is 0.747. The molecule has 0 radical (unpaired) electrons. The maximum Gasteiger partial charge on any atom is 0.475 e. The molecule has 17 heavy (non-hydrogen) atoms. The molecule has 0 amide bonds. The van der Waals surface area contributed by atoms with E-state index in [1.165, 1.54) is 6.42 Å². The van der Waals surface area contributed by atoms with Crippen molar-refractivity contribution in [3.63, 3.8) is 0 Å². The molecule has 1 saturated heterocycles. The van der Waals surface area contributed by atoms with E-state index in [2.05, 4.69) is 27.7 Å². The van der Waals surface area contributed by atoms with E-state index in [4.69, 9.17) is 15.0 Å². The largest absolute Gasteiger partial charge is 0.475 e. The standard InChI is InChI=1S/C13H24BNO2/c1-5-10(15)14-16-11-9-6-8(12(9,2)3)7-13(11,4)17-14/h8-11H,5-7,15H2,1-4H3/t8-,9?,10-,11-,13+/m1/s1. The van der Waals surface area contributed by atoms with Gasteiger partial charge in [-0.3, -0.25) is 0 Å². The zero-order valence-corrected chi connectivity index (χ0v) is 11.4. The first kappa shape index (κ1) is 12.0. The lowest BCUT2D eigenvalue weighted by Gasteiger charge is -2.63. The lowest BCUT2D eigenvalue weighted by molar-refractivity contribution is -0.185. The van der Waals surface area contributed by atoms with Gasteiger partial charge in [-0.15, -0.1) is 0 Å². The molecule has 2 bridgehead atoms. The zero-order chi connectivity index (χ0) is 12.4. The van der Waals surface area contributed by atoms with Crippen molar-refractivity contribution >= 4 is 7.12 Å². The van der Waals surface area contributed by atoms with Crippen molar-refractivity contribution in [1.82, 2.24) is 0 Å². The number of rotatable bonds is 2. The predicted molar refractivity (Wildman–Crippen MR) is 68.4 cm³/mol. The van der Waals surface area contributed by atoms with Crippen LogP contribution in [-0.2, 0) is 9.31 Å². The first-order chi connectivity index (χ1) is 7.88. The normalized spacial score (nSPS) is 48.5. The molecule has 0 spiro atoms. The predicted octanol–water partition coefficient (Wildman–Crippen LogP) is 1.99. The van der Waals surface area contributed by atoms with Gasteiger partial charge in [0.25, 0.3) is 0 Å². The molecule has 3 aliphatic carbocycles. The molecule has 96 valence electrons. The Balaban J connectivity index is 1.81. The second-order valence-corrected chi connectivity index (χ2v) is 6.99. The SMILES string of the molecule is CC[C@@H](N)B1O[C@@H]2C3C[C@H](C[C@]2(C)O1)C3(C)C. The summed E-state index contributed by atoms with van der Waals surface area (Å²) in [5.74, 6) is 1.46. The number of hydrogen-bond acceptors (Lipinski definition) is 3. The fourth-order valence-corrected chi connectivity index (χ4v) is 4.12. The summed E-state index contributed by atoms with van der Waals surface area (Å²) in [4.78, 5) is 0. The molecule has 0 aromatic rings. The third kappa shape index (κ3) is 1.47. The van der Waals surface area contributed by atoms with E-state index in [1.54, 1.807) is 0 Å². The average Bonchev–Trinajstić information content (AvgIpc) is 2.64. The van der Waals surface area contributed by atoms with E-state index in [0.29, 0.717) is 11.3 Å². The second kappa shape index (κ2) is 3.49. The van der Waals surface area contributed by atoms with Crippen LogP contribution in [0.2, 0.25) is 0 Å². The van der Waals surface area contributed by atoms with Crippen LogP contribution >= 0.6 is 0 Å². The van der Waals surface area contributed by atoms with Crippen LogP contribution in [0.4, 0.5) is 0 Å². The van der Waals surface area contributed by atoms with Gasteiger partial charge in [-0.2, -0.15) is 0 Å². The van der Waals surface area contributed by atoms with Gasteiger partial charge in [0.1, 0.15) is 0 Å². The van der Waals surface area contributed by atoms with Gasteiger partial charge in [-0.05, 0) is 43.4 Å². The second-order valence-electron chi connectivity index (χ2n) is 6.99. The molecule has 2 N–H and O–H groups in total. The highest BCUT2D eigenvalue weighted by atomic mass is 16.7. The van der Waals surface area contributed by atoms with Crippen LogP contribution in [0.25, 0.3) is 0 Å². The third-order valence-corrected chi connectivity index (χ3v) is 5.65. The van der Waals surface area contributed by atoms with E-state index in [-0.39, 0.29) is 24.8 Å². The summed E-state index contributed by atoms with van der Waals surface area (Å²) >= 11 is 0. The van der Waals surface area contributed by atoms with Gasteiger partial charge in [0.15, 0.2) is 0 Å². The topological polar surface area (TPSA) is 44.5 Å². The minimum Gasteiger partial charge on any atom is -0.404 e. The Bertz CT molecular complexity index is 335.